The second-order valence-electron chi connectivity index (χ2n) is 4.74. The number of carbonyl (C=O) groups is 3. The Morgan fingerprint density at radius 1 is 1.15 bits per heavy atom. The summed E-state index contributed by atoms with van der Waals surface area (Å²) in [4.78, 5) is 34.4. The standard InChI is InChI=1S/C12H23N3O5/c1-4-6(2)9(12(19)20)15-11(18)8(5-16)14-10(17)7(3)13/h6-9,16H,4-5,13H2,1-3H3,(H,14,17)(H,15,18)(H,19,20)/t6-,7-,8-,9-/m0/s1. The number of aliphatic hydroxyl groups excluding tert-OH is 1. The Morgan fingerprint density at radius 2 is 1.70 bits per heavy atom. The zero-order chi connectivity index (χ0) is 15.9. The van der Waals surface area contributed by atoms with Gasteiger partial charge in [0.05, 0.1) is 12.6 Å². The van der Waals surface area contributed by atoms with Gasteiger partial charge in [0.15, 0.2) is 0 Å². The lowest BCUT2D eigenvalue weighted by Gasteiger charge is -2.23. The molecule has 2 amide bonds. The minimum absolute atomic E-state index is 0.278. The molecule has 8 heteroatoms. The predicted octanol–water partition coefficient (Wildman–Crippen LogP) is -1.57. The SMILES string of the molecule is CC[C@H](C)[C@H](NC(=O)[C@H](CO)NC(=O)[C@H](C)N)C(=O)O. The first-order chi connectivity index (χ1) is 9.24. The molecule has 0 aromatic rings. The van der Waals surface area contributed by atoms with Gasteiger partial charge in [-0.15, -0.1) is 0 Å². The fourth-order valence-electron chi connectivity index (χ4n) is 1.43. The van der Waals surface area contributed by atoms with Crippen LogP contribution in [0.2, 0.25) is 0 Å². The van der Waals surface area contributed by atoms with Crippen LogP contribution in [0.5, 0.6) is 0 Å². The second kappa shape index (κ2) is 8.49. The van der Waals surface area contributed by atoms with Gasteiger partial charge in [0.25, 0.3) is 0 Å². The summed E-state index contributed by atoms with van der Waals surface area (Å²) in [6, 6.07) is -3.13. The number of aliphatic carboxylic acids is 1. The number of carbonyl (C=O) groups excluding carboxylic acids is 2. The van der Waals surface area contributed by atoms with Crippen LogP contribution in [0.3, 0.4) is 0 Å². The highest BCUT2D eigenvalue weighted by Gasteiger charge is 2.29. The van der Waals surface area contributed by atoms with E-state index in [4.69, 9.17) is 15.9 Å². The molecular formula is C12H23N3O5. The van der Waals surface area contributed by atoms with Gasteiger partial charge < -0.3 is 26.6 Å². The molecule has 0 heterocycles. The van der Waals surface area contributed by atoms with Gasteiger partial charge in [-0.25, -0.2) is 4.79 Å². The number of nitrogens with one attached hydrogen (secondary N) is 2. The number of carboxylic acid groups (broad SMARTS) is 1. The molecule has 0 aliphatic heterocycles. The molecule has 0 aliphatic carbocycles. The first-order valence-corrected chi connectivity index (χ1v) is 6.44. The normalized spacial score (nSPS) is 16.6. The molecule has 0 bridgehead atoms. The Morgan fingerprint density at radius 3 is 2.05 bits per heavy atom. The maximum absolute atomic E-state index is 11.9. The molecule has 0 unspecified atom stereocenters. The number of amides is 2. The number of aliphatic hydroxyl groups is 1. The molecule has 0 radical (unpaired) electrons. The highest BCUT2D eigenvalue weighted by molar-refractivity contribution is 5.91. The van der Waals surface area contributed by atoms with Crippen LogP contribution < -0.4 is 16.4 Å². The van der Waals surface area contributed by atoms with E-state index in [-0.39, 0.29) is 5.92 Å². The maximum Gasteiger partial charge on any atom is 0.326 e. The monoisotopic (exact) mass is 289 g/mol. The van der Waals surface area contributed by atoms with Crippen molar-refractivity contribution in [1.29, 1.82) is 0 Å². The van der Waals surface area contributed by atoms with E-state index in [0.717, 1.165) is 0 Å². The molecule has 0 aromatic heterocycles. The van der Waals surface area contributed by atoms with Crippen LogP contribution in [-0.2, 0) is 14.4 Å². The summed E-state index contributed by atoms with van der Waals surface area (Å²) in [7, 11) is 0. The number of hydrogen-bond donors (Lipinski definition) is 5. The average Bonchev–Trinajstić information content (AvgIpc) is 2.39. The second-order valence-corrected chi connectivity index (χ2v) is 4.74. The molecule has 0 aliphatic rings. The van der Waals surface area contributed by atoms with Gasteiger partial charge in [-0.05, 0) is 12.8 Å². The van der Waals surface area contributed by atoms with Crippen molar-refractivity contribution >= 4 is 17.8 Å². The summed E-state index contributed by atoms with van der Waals surface area (Å²) < 4.78 is 0. The van der Waals surface area contributed by atoms with Gasteiger partial charge in [0.2, 0.25) is 11.8 Å². The summed E-state index contributed by atoms with van der Waals surface area (Å²) >= 11 is 0. The number of rotatable bonds is 8. The number of carboxylic acids is 1. The van der Waals surface area contributed by atoms with Crippen molar-refractivity contribution in [3.63, 3.8) is 0 Å². The minimum atomic E-state index is -1.22. The van der Waals surface area contributed by atoms with Gasteiger partial charge in [0, 0.05) is 0 Å². The van der Waals surface area contributed by atoms with Gasteiger partial charge in [-0.3, -0.25) is 9.59 Å². The molecule has 0 saturated heterocycles. The largest absolute Gasteiger partial charge is 0.480 e. The van der Waals surface area contributed by atoms with Crippen molar-refractivity contribution in [2.45, 2.75) is 45.3 Å². The van der Waals surface area contributed by atoms with Crippen molar-refractivity contribution in [2.24, 2.45) is 11.7 Å². The lowest BCUT2D eigenvalue weighted by Crippen LogP contribution is -2.56. The molecule has 0 rings (SSSR count). The zero-order valence-electron chi connectivity index (χ0n) is 11.9. The van der Waals surface area contributed by atoms with E-state index in [2.05, 4.69) is 10.6 Å². The molecule has 8 nitrogen and oxygen atoms in total. The minimum Gasteiger partial charge on any atom is -0.480 e. The van der Waals surface area contributed by atoms with Gasteiger partial charge in [0.1, 0.15) is 12.1 Å². The molecular weight excluding hydrogens is 266 g/mol. The fourth-order valence-corrected chi connectivity index (χ4v) is 1.43. The lowest BCUT2D eigenvalue weighted by molar-refractivity contribution is -0.144. The summed E-state index contributed by atoms with van der Waals surface area (Å²) in [5.74, 6) is -2.80. The van der Waals surface area contributed by atoms with E-state index in [1.165, 1.54) is 6.92 Å². The van der Waals surface area contributed by atoms with Crippen molar-refractivity contribution in [1.82, 2.24) is 10.6 Å². The van der Waals surface area contributed by atoms with E-state index in [9.17, 15) is 14.4 Å². The quantitative estimate of drug-likeness (QED) is 0.365. The molecule has 0 fully saturated rings. The maximum atomic E-state index is 11.9. The third-order valence-electron chi connectivity index (χ3n) is 3.01. The lowest BCUT2D eigenvalue weighted by atomic mass is 9.99. The molecule has 20 heavy (non-hydrogen) atoms. The Kier molecular flexibility index (Phi) is 7.78. The van der Waals surface area contributed by atoms with Gasteiger partial charge in [-0.1, -0.05) is 20.3 Å². The summed E-state index contributed by atoms with van der Waals surface area (Å²) in [5, 5.41) is 22.7. The van der Waals surface area contributed by atoms with E-state index in [0.29, 0.717) is 6.42 Å². The molecule has 0 aromatic carbocycles. The van der Waals surface area contributed by atoms with Crippen LogP contribution in [-0.4, -0.2) is 52.7 Å². The van der Waals surface area contributed by atoms with Crippen molar-refractivity contribution in [3.8, 4) is 0 Å². The average molecular weight is 289 g/mol. The molecule has 4 atom stereocenters. The Balaban J connectivity index is 4.75. The Hall–Kier alpha value is -1.67. The summed E-state index contributed by atoms with van der Waals surface area (Å²) in [5.41, 5.74) is 5.34. The first kappa shape index (κ1) is 18.3. The Labute approximate surface area is 117 Å². The third-order valence-corrected chi connectivity index (χ3v) is 3.01. The number of hydrogen-bond acceptors (Lipinski definition) is 5. The van der Waals surface area contributed by atoms with Crippen LogP contribution in [0.1, 0.15) is 27.2 Å². The van der Waals surface area contributed by atoms with E-state index in [1.54, 1.807) is 13.8 Å². The first-order valence-electron chi connectivity index (χ1n) is 6.44. The molecule has 116 valence electrons. The van der Waals surface area contributed by atoms with Crippen molar-refractivity contribution in [3.05, 3.63) is 0 Å². The van der Waals surface area contributed by atoms with E-state index in [1.807, 2.05) is 0 Å². The Bertz CT molecular complexity index is 359. The van der Waals surface area contributed by atoms with Crippen molar-refractivity contribution in [2.75, 3.05) is 6.61 Å². The van der Waals surface area contributed by atoms with Gasteiger partial charge in [-0.2, -0.15) is 0 Å². The summed E-state index contributed by atoms with van der Waals surface area (Å²) in [6.07, 6.45) is 0.563. The predicted molar refractivity (Wildman–Crippen MR) is 71.7 cm³/mol. The molecule has 0 saturated carbocycles. The van der Waals surface area contributed by atoms with Crippen LogP contribution >= 0.6 is 0 Å². The zero-order valence-corrected chi connectivity index (χ0v) is 11.9. The van der Waals surface area contributed by atoms with Crippen LogP contribution in [0.15, 0.2) is 0 Å². The van der Waals surface area contributed by atoms with Crippen LogP contribution in [0.25, 0.3) is 0 Å². The van der Waals surface area contributed by atoms with Crippen LogP contribution in [0, 0.1) is 5.92 Å². The van der Waals surface area contributed by atoms with Gasteiger partial charge >= 0.3 is 5.97 Å². The number of nitrogens with two attached hydrogens (primary N) is 1. The topological polar surface area (TPSA) is 142 Å². The highest BCUT2D eigenvalue weighted by atomic mass is 16.4. The highest BCUT2D eigenvalue weighted by Crippen LogP contribution is 2.08. The fraction of sp³-hybridized carbons (Fsp3) is 0.750. The molecule has 6 N–H and O–H groups in total. The smallest absolute Gasteiger partial charge is 0.326 e. The summed E-state index contributed by atoms with van der Waals surface area (Å²) in [6.45, 7) is 4.28. The van der Waals surface area contributed by atoms with E-state index < -0.39 is 42.5 Å². The third kappa shape index (κ3) is 5.54. The van der Waals surface area contributed by atoms with Crippen LogP contribution in [0.4, 0.5) is 0 Å². The molecule has 0 spiro atoms. The van der Waals surface area contributed by atoms with Crippen molar-refractivity contribution < 1.29 is 24.6 Å². The van der Waals surface area contributed by atoms with E-state index >= 15 is 0 Å².